The molecule has 0 radical (unpaired) electrons. The number of thiophene rings is 1. The van der Waals surface area contributed by atoms with Crippen molar-refractivity contribution in [3.63, 3.8) is 0 Å². The zero-order valence-corrected chi connectivity index (χ0v) is 17.8. The van der Waals surface area contributed by atoms with Crippen LogP contribution in [0.4, 0.5) is 0 Å². The van der Waals surface area contributed by atoms with Crippen LogP contribution in [0.1, 0.15) is 29.0 Å². The Balaban J connectivity index is 1.59. The van der Waals surface area contributed by atoms with Crippen LogP contribution in [0.15, 0.2) is 65.5 Å². The molecule has 0 saturated carbocycles. The van der Waals surface area contributed by atoms with E-state index in [1.807, 2.05) is 54.0 Å². The number of nitrogens with one attached hydrogen (secondary N) is 2. The molecule has 0 bridgehead atoms. The number of methoxy groups -OCH3 is 2. The second-order valence-electron chi connectivity index (χ2n) is 7.03. The first-order valence-electron chi connectivity index (χ1n) is 9.76. The molecule has 1 amide bonds. The topological polar surface area (TPSA) is 63.3 Å². The monoisotopic (exact) mass is 420 g/mol. The fourth-order valence-corrected chi connectivity index (χ4v) is 4.52. The van der Waals surface area contributed by atoms with Crippen molar-refractivity contribution in [2.24, 2.45) is 0 Å². The van der Waals surface area contributed by atoms with Gasteiger partial charge in [0.1, 0.15) is 11.5 Å². The van der Waals surface area contributed by atoms with Gasteiger partial charge in [0.2, 0.25) is 5.91 Å². The molecule has 4 rings (SSSR count). The number of rotatable bonds is 8. The van der Waals surface area contributed by atoms with Crippen LogP contribution in [0.25, 0.3) is 10.9 Å². The summed E-state index contributed by atoms with van der Waals surface area (Å²) in [7, 11) is 3.31. The van der Waals surface area contributed by atoms with E-state index in [1.165, 1.54) is 0 Å². The lowest BCUT2D eigenvalue weighted by molar-refractivity contribution is -0.121. The second kappa shape index (κ2) is 9.05. The fourth-order valence-electron chi connectivity index (χ4n) is 3.80. The summed E-state index contributed by atoms with van der Waals surface area (Å²) in [5.41, 5.74) is 4.14. The van der Waals surface area contributed by atoms with Crippen LogP contribution in [-0.2, 0) is 11.3 Å². The lowest BCUT2D eigenvalue weighted by atomic mass is 9.89. The third-order valence-electron chi connectivity index (χ3n) is 5.30. The Bertz CT molecular complexity index is 1130. The van der Waals surface area contributed by atoms with Crippen molar-refractivity contribution in [3.8, 4) is 11.5 Å². The van der Waals surface area contributed by atoms with Crippen LogP contribution in [0.3, 0.4) is 0 Å². The maximum Gasteiger partial charge on any atom is 0.221 e. The molecule has 2 N–H and O–H groups in total. The number of aromatic amines is 1. The number of carbonyl (C=O) groups is 1. The summed E-state index contributed by atoms with van der Waals surface area (Å²) >= 11 is 1.63. The van der Waals surface area contributed by atoms with E-state index in [0.717, 1.165) is 39.1 Å². The zero-order chi connectivity index (χ0) is 20.9. The first-order chi connectivity index (χ1) is 14.7. The zero-order valence-electron chi connectivity index (χ0n) is 17.0. The van der Waals surface area contributed by atoms with Crippen molar-refractivity contribution in [1.82, 2.24) is 10.3 Å². The van der Waals surface area contributed by atoms with Crippen LogP contribution in [0, 0.1) is 0 Å². The molecule has 0 aliphatic rings. The lowest BCUT2D eigenvalue weighted by Crippen LogP contribution is -2.25. The van der Waals surface area contributed by atoms with E-state index >= 15 is 0 Å². The Morgan fingerprint density at radius 2 is 1.87 bits per heavy atom. The van der Waals surface area contributed by atoms with Gasteiger partial charge in [0.15, 0.2) is 0 Å². The highest BCUT2D eigenvalue weighted by atomic mass is 32.1. The molecule has 30 heavy (non-hydrogen) atoms. The fraction of sp³-hybridized carbons (Fsp3) is 0.208. The number of hydrogen-bond donors (Lipinski definition) is 2. The highest BCUT2D eigenvalue weighted by Crippen LogP contribution is 2.38. The van der Waals surface area contributed by atoms with Gasteiger partial charge < -0.3 is 19.8 Å². The van der Waals surface area contributed by atoms with Crippen molar-refractivity contribution in [1.29, 1.82) is 0 Å². The van der Waals surface area contributed by atoms with Gasteiger partial charge in [-0.3, -0.25) is 4.79 Å². The largest absolute Gasteiger partial charge is 0.496 e. The van der Waals surface area contributed by atoms with E-state index in [9.17, 15) is 4.79 Å². The van der Waals surface area contributed by atoms with Crippen molar-refractivity contribution in [3.05, 3.63) is 82.2 Å². The lowest BCUT2D eigenvalue weighted by Gasteiger charge is -2.17. The van der Waals surface area contributed by atoms with Gasteiger partial charge in [-0.1, -0.05) is 24.3 Å². The number of aromatic nitrogens is 1. The van der Waals surface area contributed by atoms with Gasteiger partial charge in [-0.15, -0.1) is 0 Å². The van der Waals surface area contributed by atoms with Crippen LogP contribution < -0.4 is 14.8 Å². The summed E-state index contributed by atoms with van der Waals surface area (Å²) < 4.78 is 11.0. The highest BCUT2D eigenvalue weighted by Gasteiger charge is 2.23. The van der Waals surface area contributed by atoms with Crippen LogP contribution >= 0.6 is 11.3 Å². The molecule has 0 spiro atoms. The first-order valence-corrected chi connectivity index (χ1v) is 10.7. The smallest absolute Gasteiger partial charge is 0.221 e. The van der Waals surface area contributed by atoms with Gasteiger partial charge in [-0.2, -0.15) is 11.3 Å². The molecule has 6 heteroatoms. The van der Waals surface area contributed by atoms with Crippen molar-refractivity contribution in [2.45, 2.75) is 18.9 Å². The SMILES string of the molecule is COc1ccccc1CNC(=O)CC(c1ccsc1)c1c[nH]c2cccc(OC)c12. The summed E-state index contributed by atoms with van der Waals surface area (Å²) in [5, 5.41) is 8.22. The summed E-state index contributed by atoms with van der Waals surface area (Å²) in [4.78, 5) is 16.2. The molecule has 2 aromatic heterocycles. The summed E-state index contributed by atoms with van der Waals surface area (Å²) in [6, 6.07) is 15.7. The highest BCUT2D eigenvalue weighted by molar-refractivity contribution is 7.08. The minimum absolute atomic E-state index is 0.0126. The van der Waals surface area contributed by atoms with E-state index in [2.05, 4.69) is 21.7 Å². The molecule has 1 unspecified atom stereocenters. The number of carbonyl (C=O) groups excluding carboxylic acids is 1. The molecule has 0 saturated heterocycles. The number of ether oxygens (including phenoxy) is 2. The molecule has 5 nitrogen and oxygen atoms in total. The molecule has 2 aromatic carbocycles. The molecule has 2 heterocycles. The average Bonchev–Trinajstić information content (AvgIpc) is 3.46. The van der Waals surface area contributed by atoms with Gasteiger partial charge in [-0.05, 0) is 46.2 Å². The summed E-state index contributed by atoms with van der Waals surface area (Å²) in [6.07, 6.45) is 2.33. The first kappa shape index (κ1) is 20.0. The van der Waals surface area contributed by atoms with Crippen molar-refractivity contribution < 1.29 is 14.3 Å². The molecular weight excluding hydrogens is 396 g/mol. The Morgan fingerprint density at radius 3 is 2.63 bits per heavy atom. The number of amides is 1. The third kappa shape index (κ3) is 4.04. The molecule has 0 aliphatic heterocycles. The van der Waals surface area contributed by atoms with Gasteiger partial charge in [-0.25, -0.2) is 0 Å². The summed E-state index contributed by atoms with van der Waals surface area (Å²) in [5.74, 6) is 1.49. The van der Waals surface area contributed by atoms with Crippen LogP contribution in [-0.4, -0.2) is 25.1 Å². The second-order valence-corrected chi connectivity index (χ2v) is 7.81. The minimum atomic E-state index is -0.0704. The third-order valence-corrected chi connectivity index (χ3v) is 6.00. The Hall–Kier alpha value is -3.25. The normalized spacial score (nSPS) is 11.9. The summed E-state index contributed by atoms with van der Waals surface area (Å²) in [6.45, 7) is 0.427. The van der Waals surface area contributed by atoms with E-state index < -0.39 is 0 Å². The molecule has 1 atom stereocenters. The quantitative estimate of drug-likeness (QED) is 0.418. The van der Waals surface area contributed by atoms with Gasteiger partial charge in [0.25, 0.3) is 0 Å². The maximum absolute atomic E-state index is 12.9. The van der Waals surface area contributed by atoms with Gasteiger partial charge in [0.05, 0.1) is 14.2 Å². The number of hydrogen-bond acceptors (Lipinski definition) is 4. The Kier molecular flexibility index (Phi) is 6.05. The number of H-pyrrole nitrogens is 1. The Morgan fingerprint density at radius 1 is 1.07 bits per heavy atom. The van der Waals surface area contributed by atoms with E-state index in [4.69, 9.17) is 9.47 Å². The molecule has 4 aromatic rings. The molecule has 0 fully saturated rings. The number of fused-ring (bicyclic) bond motifs is 1. The van der Waals surface area contributed by atoms with Crippen LogP contribution in [0.2, 0.25) is 0 Å². The number of para-hydroxylation sites is 1. The standard InChI is InChI=1S/C24H24N2O3S/c1-28-21-8-4-3-6-16(21)13-26-23(27)12-18(17-10-11-30-15-17)19-14-25-20-7-5-9-22(29-2)24(19)20/h3-11,14-15,18,25H,12-13H2,1-2H3,(H,26,27). The molecular formula is C24H24N2O3S. The molecule has 0 aliphatic carbocycles. The van der Waals surface area contributed by atoms with E-state index in [1.54, 1.807) is 25.6 Å². The van der Waals surface area contributed by atoms with E-state index in [0.29, 0.717) is 13.0 Å². The van der Waals surface area contributed by atoms with Gasteiger partial charge in [0, 0.05) is 41.5 Å². The van der Waals surface area contributed by atoms with Crippen molar-refractivity contribution >= 4 is 28.1 Å². The predicted molar refractivity (Wildman–Crippen MR) is 120 cm³/mol. The Labute approximate surface area is 179 Å². The average molecular weight is 421 g/mol. The van der Waals surface area contributed by atoms with E-state index in [-0.39, 0.29) is 11.8 Å². The molecule has 154 valence electrons. The minimum Gasteiger partial charge on any atom is -0.496 e. The number of benzene rings is 2. The van der Waals surface area contributed by atoms with Crippen molar-refractivity contribution in [2.75, 3.05) is 14.2 Å². The van der Waals surface area contributed by atoms with Gasteiger partial charge >= 0.3 is 0 Å². The predicted octanol–water partition coefficient (Wildman–Crippen LogP) is 5.09. The van der Waals surface area contributed by atoms with Crippen LogP contribution in [0.5, 0.6) is 11.5 Å². The maximum atomic E-state index is 12.9.